The largest absolute Gasteiger partial charge is 0.745 e. The minimum Gasteiger partial charge on any atom is -0.745 e. The van der Waals surface area contributed by atoms with E-state index in [9.17, 15) is 87.6 Å². The predicted octanol–water partition coefficient (Wildman–Crippen LogP) is 4.50. The van der Waals surface area contributed by atoms with Gasteiger partial charge in [0, 0.05) is 0 Å². The molecule has 0 aliphatic heterocycles. The first-order valence-corrected chi connectivity index (χ1v) is 7.08. The van der Waals surface area contributed by atoms with Crippen molar-refractivity contribution in [2.24, 2.45) is 0 Å². The highest BCUT2D eigenvalue weighted by Gasteiger charge is 2.97. The molecule has 0 aromatic heterocycles. The van der Waals surface area contributed by atoms with E-state index < -0.39 is 57.1 Å². The summed E-state index contributed by atoms with van der Waals surface area (Å²) in [5, 5.41) is -8.42. The third kappa shape index (κ3) is 3.26. The van der Waals surface area contributed by atoms with Crippen LogP contribution < -0.4 is 0 Å². The topological polar surface area (TPSA) is 57.2 Å². The maximum Gasteiger partial charge on any atom is 0.442 e. The van der Waals surface area contributed by atoms with Crippen LogP contribution >= 0.6 is 0 Å². The summed E-state index contributed by atoms with van der Waals surface area (Å²) in [5.74, 6) is -27.0. The zero-order valence-electron chi connectivity index (χ0n) is 12.1. The highest BCUT2D eigenvalue weighted by atomic mass is 32.2. The Kier molecular flexibility index (Phi) is 6.08. The fourth-order valence-electron chi connectivity index (χ4n) is 1.61. The van der Waals surface area contributed by atoms with Gasteiger partial charge in [0.05, 0.1) is 0 Å². The number of hydrogen-bond acceptors (Lipinski definition) is 3. The zero-order valence-corrected chi connectivity index (χ0v) is 12.9. The minimum atomic E-state index is -9.07. The third-order valence-electron chi connectivity index (χ3n) is 3.12. The van der Waals surface area contributed by atoms with Crippen LogP contribution in [0.1, 0.15) is 0 Å². The van der Waals surface area contributed by atoms with E-state index in [0.717, 1.165) is 0 Å². The summed E-state index contributed by atoms with van der Waals surface area (Å²) < 4.78 is 246. The van der Waals surface area contributed by atoms with E-state index in [4.69, 9.17) is 0 Å². The van der Waals surface area contributed by atoms with Crippen molar-refractivity contribution in [2.75, 3.05) is 0 Å². The summed E-state index contributed by atoms with van der Waals surface area (Å²) in [4.78, 5) is 0. The Morgan fingerprint density at radius 1 is 0.448 bits per heavy atom. The monoisotopic (exact) mass is 499 g/mol. The Bertz CT molecular complexity index is 713. The Hall–Kier alpha value is -1.28. The van der Waals surface area contributed by atoms with E-state index >= 15 is 0 Å². The van der Waals surface area contributed by atoms with Crippen molar-refractivity contribution < 1.29 is 87.6 Å². The van der Waals surface area contributed by atoms with Crippen molar-refractivity contribution >= 4 is 10.1 Å². The maximum atomic E-state index is 13.3. The highest BCUT2D eigenvalue weighted by Crippen LogP contribution is 2.65. The van der Waals surface area contributed by atoms with Crippen LogP contribution in [0.2, 0.25) is 0 Å². The molecule has 176 valence electrons. The van der Waals surface area contributed by atoms with Crippen LogP contribution in [0.25, 0.3) is 0 Å². The molecule has 1 unspecified atom stereocenters. The molecule has 0 aliphatic rings. The smallest absolute Gasteiger partial charge is 0.442 e. The van der Waals surface area contributed by atoms with E-state index in [1.807, 2.05) is 0 Å². The maximum absolute atomic E-state index is 13.3. The second-order valence-electron chi connectivity index (χ2n) is 4.92. The van der Waals surface area contributed by atoms with Crippen LogP contribution in [0.3, 0.4) is 0 Å². The molecule has 1 atom stereocenters. The normalized spacial score (nSPS) is 18.6. The molecule has 3 nitrogen and oxygen atoms in total. The second kappa shape index (κ2) is 6.36. The van der Waals surface area contributed by atoms with Crippen molar-refractivity contribution in [3.63, 3.8) is 0 Å². The lowest BCUT2D eigenvalue weighted by atomic mass is 9.86. The molecule has 0 bridgehead atoms. The van der Waals surface area contributed by atoms with Crippen molar-refractivity contribution in [2.45, 2.75) is 47.0 Å². The Balaban J connectivity index is 7.36. The molecule has 0 aromatic rings. The number of rotatable bonds is 5. The van der Waals surface area contributed by atoms with Gasteiger partial charge in [0.25, 0.3) is 0 Å². The fraction of sp³-hybridized carbons (Fsp3) is 1.00. The summed E-state index contributed by atoms with van der Waals surface area (Å²) in [6, 6.07) is 0. The summed E-state index contributed by atoms with van der Waals surface area (Å²) in [7, 11) is -8.63. The standard InChI is InChI=1S/C8HF17O3S/c9-1(6(17,18)19,7(20,21)22)2(10,11)3(12,13)4(14,15)5(16,8(23,24)25)29(26,27)28/h(H,26,27,28)/p-1. The van der Waals surface area contributed by atoms with Gasteiger partial charge >= 0.3 is 47.0 Å². The summed E-state index contributed by atoms with van der Waals surface area (Å²) in [6.07, 6.45) is -24.7. The van der Waals surface area contributed by atoms with E-state index in [1.54, 1.807) is 0 Å². The van der Waals surface area contributed by atoms with Gasteiger partial charge in [-0.05, 0) is 0 Å². The Morgan fingerprint density at radius 2 is 0.724 bits per heavy atom. The first-order chi connectivity index (χ1) is 12.0. The van der Waals surface area contributed by atoms with Crippen LogP contribution in [-0.4, -0.2) is 59.9 Å². The molecule has 0 heterocycles. The molecular weight excluding hydrogens is 499 g/mol. The van der Waals surface area contributed by atoms with Crippen LogP contribution in [0.15, 0.2) is 0 Å². The van der Waals surface area contributed by atoms with Crippen LogP contribution in [0.5, 0.6) is 0 Å². The van der Waals surface area contributed by atoms with E-state index in [0.29, 0.717) is 0 Å². The average Bonchev–Trinajstić information content (AvgIpc) is 2.39. The van der Waals surface area contributed by atoms with Gasteiger partial charge in [-0.25, -0.2) is 17.2 Å². The van der Waals surface area contributed by atoms with E-state index in [-0.39, 0.29) is 0 Å². The van der Waals surface area contributed by atoms with Crippen molar-refractivity contribution in [3.8, 4) is 0 Å². The first kappa shape index (κ1) is 27.7. The first-order valence-electron chi connectivity index (χ1n) is 5.67. The molecule has 0 aromatic carbocycles. The van der Waals surface area contributed by atoms with E-state index in [1.165, 1.54) is 0 Å². The van der Waals surface area contributed by atoms with Gasteiger partial charge in [0.2, 0.25) is 0 Å². The Labute approximate surface area is 146 Å². The molecule has 0 saturated heterocycles. The van der Waals surface area contributed by atoms with Gasteiger partial charge in [0.1, 0.15) is 10.1 Å². The van der Waals surface area contributed by atoms with Crippen LogP contribution in [0.4, 0.5) is 74.6 Å². The molecular formula is C8F17O3S-. The molecule has 0 aliphatic carbocycles. The molecule has 0 N–H and O–H groups in total. The second-order valence-corrected chi connectivity index (χ2v) is 6.40. The molecule has 0 radical (unpaired) electrons. The van der Waals surface area contributed by atoms with Crippen molar-refractivity contribution in [1.29, 1.82) is 0 Å². The Morgan fingerprint density at radius 3 is 0.897 bits per heavy atom. The van der Waals surface area contributed by atoms with Crippen molar-refractivity contribution in [1.82, 2.24) is 0 Å². The number of halogens is 17. The lowest BCUT2D eigenvalue weighted by Crippen LogP contribution is -2.78. The molecule has 0 saturated carbocycles. The molecule has 0 fully saturated rings. The molecule has 0 amide bonds. The molecule has 21 heteroatoms. The summed E-state index contributed by atoms with van der Waals surface area (Å²) >= 11 is 0. The van der Waals surface area contributed by atoms with Gasteiger partial charge in [-0.2, -0.15) is 65.9 Å². The third-order valence-corrected chi connectivity index (χ3v) is 4.29. The predicted molar refractivity (Wildman–Crippen MR) is 50.4 cm³/mol. The van der Waals surface area contributed by atoms with Crippen LogP contribution in [-0.2, 0) is 10.1 Å². The molecule has 0 rings (SSSR count). The van der Waals surface area contributed by atoms with Gasteiger partial charge in [0.15, 0.2) is 0 Å². The lowest BCUT2D eigenvalue weighted by molar-refractivity contribution is -0.455. The lowest BCUT2D eigenvalue weighted by Gasteiger charge is -2.45. The van der Waals surface area contributed by atoms with Gasteiger partial charge < -0.3 is 4.55 Å². The highest BCUT2D eigenvalue weighted by molar-refractivity contribution is 7.87. The summed E-state index contributed by atoms with van der Waals surface area (Å²) in [6.45, 7) is 0. The van der Waals surface area contributed by atoms with Crippen LogP contribution in [0, 0.1) is 0 Å². The van der Waals surface area contributed by atoms with Gasteiger partial charge in [-0.15, -0.1) is 0 Å². The number of alkyl halides is 17. The molecule has 0 spiro atoms. The fourth-order valence-corrected chi connectivity index (χ4v) is 2.33. The quantitative estimate of drug-likeness (QED) is 0.414. The SMILES string of the molecule is O=S(=O)([O-])C(F)(C(F)(F)F)C(F)(F)C(F)(F)C(F)(F)C(F)(C(F)(F)F)C(F)(F)F. The molecule has 29 heavy (non-hydrogen) atoms. The zero-order chi connectivity index (χ0) is 24.5. The number of hydrogen-bond donors (Lipinski definition) is 0. The van der Waals surface area contributed by atoms with Gasteiger partial charge in [-0.3, -0.25) is 0 Å². The van der Waals surface area contributed by atoms with Gasteiger partial charge in [-0.1, -0.05) is 0 Å². The summed E-state index contributed by atoms with van der Waals surface area (Å²) in [5.41, 5.74) is -8.76. The minimum absolute atomic E-state index is 8.13. The van der Waals surface area contributed by atoms with Crippen molar-refractivity contribution in [3.05, 3.63) is 0 Å². The average molecular weight is 499 g/mol. The van der Waals surface area contributed by atoms with E-state index in [2.05, 4.69) is 0 Å².